The maximum atomic E-state index is 11.6. The van der Waals surface area contributed by atoms with Crippen LogP contribution in [0.25, 0.3) is 0 Å². The van der Waals surface area contributed by atoms with Crippen LogP contribution in [0.1, 0.15) is 35.2 Å². The Morgan fingerprint density at radius 2 is 2.06 bits per heavy atom. The number of aliphatic hydroxyl groups is 1. The molecule has 0 aliphatic heterocycles. The smallest absolute Gasteiger partial charge is 0.249 e. The van der Waals surface area contributed by atoms with Gasteiger partial charge in [-0.15, -0.1) is 0 Å². The second-order valence-corrected chi connectivity index (χ2v) is 4.07. The van der Waals surface area contributed by atoms with E-state index in [-0.39, 0.29) is 12.5 Å². The molecule has 0 spiro atoms. The molecule has 0 radical (unpaired) electrons. The summed E-state index contributed by atoms with van der Waals surface area (Å²) in [6.07, 6.45) is 1.59. The molecule has 0 aliphatic carbocycles. The minimum atomic E-state index is -0.510. The Bertz CT molecular complexity index is 444. The molecule has 0 saturated heterocycles. The highest BCUT2D eigenvalue weighted by Crippen LogP contribution is 2.18. The SMILES string of the molecule is Cc1c(NC(=O)CCCCO)cccc1C(N)=O. The topological polar surface area (TPSA) is 92.4 Å². The van der Waals surface area contributed by atoms with E-state index in [2.05, 4.69) is 5.32 Å². The third-order valence-electron chi connectivity index (χ3n) is 2.69. The van der Waals surface area contributed by atoms with Gasteiger partial charge in [0.1, 0.15) is 0 Å². The average molecular weight is 250 g/mol. The summed E-state index contributed by atoms with van der Waals surface area (Å²) in [6, 6.07) is 5.03. The van der Waals surface area contributed by atoms with E-state index in [1.807, 2.05) is 0 Å². The zero-order chi connectivity index (χ0) is 13.5. The summed E-state index contributed by atoms with van der Waals surface area (Å²) in [7, 11) is 0. The summed E-state index contributed by atoms with van der Waals surface area (Å²) >= 11 is 0. The van der Waals surface area contributed by atoms with Gasteiger partial charge in [0.25, 0.3) is 0 Å². The van der Waals surface area contributed by atoms with Crippen LogP contribution in [0.2, 0.25) is 0 Å². The number of anilines is 1. The van der Waals surface area contributed by atoms with Gasteiger partial charge in [0.2, 0.25) is 11.8 Å². The highest BCUT2D eigenvalue weighted by Gasteiger charge is 2.10. The van der Waals surface area contributed by atoms with Crippen LogP contribution in [0.15, 0.2) is 18.2 Å². The molecule has 0 fully saturated rings. The van der Waals surface area contributed by atoms with Crippen molar-refractivity contribution in [1.29, 1.82) is 0 Å². The summed E-state index contributed by atoms with van der Waals surface area (Å²) in [6.45, 7) is 1.83. The summed E-state index contributed by atoms with van der Waals surface area (Å²) < 4.78 is 0. The molecule has 0 heterocycles. The molecule has 5 nitrogen and oxygen atoms in total. The molecule has 0 saturated carbocycles. The van der Waals surface area contributed by atoms with Crippen molar-refractivity contribution in [3.63, 3.8) is 0 Å². The number of benzene rings is 1. The molecule has 1 rings (SSSR count). The normalized spacial score (nSPS) is 10.1. The number of amides is 2. The van der Waals surface area contributed by atoms with E-state index < -0.39 is 5.91 Å². The maximum absolute atomic E-state index is 11.6. The third kappa shape index (κ3) is 3.85. The Hall–Kier alpha value is -1.88. The van der Waals surface area contributed by atoms with Gasteiger partial charge in [-0.3, -0.25) is 9.59 Å². The molecule has 1 aromatic rings. The lowest BCUT2D eigenvalue weighted by Gasteiger charge is -2.10. The van der Waals surface area contributed by atoms with Gasteiger partial charge >= 0.3 is 0 Å². The molecule has 2 amide bonds. The lowest BCUT2D eigenvalue weighted by atomic mass is 10.1. The molecule has 0 aromatic heterocycles. The third-order valence-corrected chi connectivity index (χ3v) is 2.69. The number of unbranched alkanes of at least 4 members (excludes halogenated alkanes) is 1. The van der Waals surface area contributed by atoms with Gasteiger partial charge in [-0.2, -0.15) is 0 Å². The molecule has 0 aliphatic rings. The van der Waals surface area contributed by atoms with E-state index in [9.17, 15) is 9.59 Å². The van der Waals surface area contributed by atoms with Gasteiger partial charge < -0.3 is 16.2 Å². The zero-order valence-electron chi connectivity index (χ0n) is 10.4. The van der Waals surface area contributed by atoms with Crippen LogP contribution in [-0.4, -0.2) is 23.5 Å². The number of carbonyl (C=O) groups is 2. The molecule has 0 unspecified atom stereocenters. The highest BCUT2D eigenvalue weighted by atomic mass is 16.3. The Balaban J connectivity index is 2.70. The molecule has 5 heteroatoms. The summed E-state index contributed by atoms with van der Waals surface area (Å²) in [4.78, 5) is 22.8. The van der Waals surface area contributed by atoms with Crippen LogP contribution in [0.5, 0.6) is 0 Å². The molecule has 0 atom stereocenters. The summed E-state index contributed by atoms with van der Waals surface area (Å²) in [5.41, 5.74) is 6.90. The molecule has 1 aromatic carbocycles. The van der Waals surface area contributed by atoms with Crippen molar-refractivity contribution in [2.75, 3.05) is 11.9 Å². The van der Waals surface area contributed by atoms with E-state index in [1.165, 1.54) is 0 Å². The van der Waals surface area contributed by atoms with Crippen LogP contribution < -0.4 is 11.1 Å². The first kappa shape index (κ1) is 14.2. The quantitative estimate of drug-likeness (QED) is 0.662. The lowest BCUT2D eigenvalue weighted by Crippen LogP contribution is -2.16. The zero-order valence-corrected chi connectivity index (χ0v) is 10.4. The van der Waals surface area contributed by atoms with Crippen molar-refractivity contribution in [2.24, 2.45) is 5.73 Å². The number of nitrogens with two attached hydrogens (primary N) is 1. The van der Waals surface area contributed by atoms with Crippen LogP contribution in [0, 0.1) is 6.92 Å². The number of aliphatic hydroxyl groups excluding tert-OH is 1. The van der Waals surface area contributed by atoms with Crippen molar-refractivity contribution in [1.82, 2.24) is 0 Å². The van der Waals surface area contributed by atoms with Crippen molar-refractivity contribution in [3.8, 4) is 0 Å². The van der Waals surface area contributed by atoms with Gasteiger partial charge in [-0.1, -0.05) is 6.07 Å². The second-order valence-electron chi connectivity index (χ2n) is 4.07. The predicted molar refractivity (Wildman–Crippen MR) is 69.3 cm³/mol. The van der Waals surface area contributed by atoms with E-state index in [0.717, 1.165) is 0 Å². The number of hydrogen-bond donors (Lipinski definition) is 3. The van der Waals surface area contributed by atoms with Crippen molar-refractivity contribution in [3.05, 3.63) is 29.3 Å². The first-order valence-corrected chi connectivity index (χ1v) is 5.86. The van der Waals surface area contributed by atoms with Gasteiger partial charge in [0.15, 0.2) is 0 Å². The number of primary amides is 1. The van der Waals surface area contributed by atoms with E-state index in [0.29, 0.717) is 36.1 Å². The van der Waals surface area contributed by atoms with Crippen LogP contribution in [0.4, 0.5) is 5.69 Å². The lowest BCUT2D eigenvalue weighted by molar-refractivity contribution is -0.116. The highest BCUT2D eigenvalue weighted by molar-refractivity contribution is 5.98. The fraction of sp³-hybridized carbons (Fsp3) is 0.385. The monoisotopic (exact) mass is 250 g/mol. The van der Waals surface area contributed by atoms with Crippen LogP contribution in [0.3, 0.4) is 0 Å². The Kier molecular flexibility index (Phi) is 5.32. The fourth-order valence-electron chi connectivity index (χ4n) is 1.65. The van der Waals surface area contributed by atoms with Gasteiger partial charge in [0.05, 0.1) is 0 Å². The number of hydrogen-bond acceptors (Lipinski definition) is 3. The van der Waals surface area contributed by atoms with Gasteiger partial charge in [0, 0.05) is 24.3 Å². The Morgan fingerprint density at radius 1 is 1.33 bits per heavy atom. The molecule has 0 bridgehead atoms. The second kappa shape index (κ2) is 6.76. The van der Waals surface area contributed by atoms with E-state index >= 15 is 0 Å². The van der Waals surface area contributed by atoms with Crippen LogP contribution in [-0.2, 0) is 4.79 Å². The number of carbonyl (C=O) groups excluding carboxylic acids is 2. The minimum Gasteiger partial charge on any atom is -0.396 e. The summed E-state index contributed by atoms with van der Waals surface area (Å²) in [5.74, 6) is -0.642. The standard InChI is InChI=1S/C13H18N2O3/c1-9-10(13(14)18)5-4-6-11(9)15-12(17)7-2-3-8-16/h4-6,16H,2-3,7-8H2,1H3,(H2,14,18)(H,15,17). The first-order chi connectivity index (χ1) is 8.56. The number of nitrogens with one attached hydrogen (secondary N) is 1. The largest absolute Gasteiger partial charge is 0.396 e. The molecule has 98 valence electrons. The maximum Gasteiger partial charge on any atom is 0.249 e. The predicted octanol–water partition coefficient (Wildman–Crippen LogP) is 1.20. The Labute approximate surface area is 106 Å². The van der Waals surface area contributed by atoms with Gasteiger partial charge in [-0.05, 0) is 37.5 Å². The summed E-state index contributed by atoms with van der Waals surface area (Å²) in [5, 5.41) is 11.4. The molecular weight excluding hydrogens is 232 g/mol. The van der Waals surface area contributed by atoms with E-state index in [1.54, 1.807) is 25.1 Å². The molecule has 4 N–H and O–H groups in total. The first-order valence-electron chi connectivity index (χ1n) is 5.86. The van der Waals surface area contributed by atoms with Crippen LogP contribution >= 0.6 is 0 Å². The van der Waals surface area contributed by atoms with Crippen molar-refractivity contribution in [2.45, 2.75) is 26.2 Å². The van der Waals surface area contributed by atoms with Crippen molar-refractivity contribution >= 4 is 17.5 Å². The average Bonchev–Trinajstić information content (AvgIpc) is 2.32. The van der Waals surface area contributed by atoms with Gasteiger partial charge in [-0.25, -0.2) is 0 Å². The molecule has 18 heavy (non-hydrogen) atoms. The number of rotatable bonds is 6. The Morgan fingerprint density at radius 3 is 2.67 bits per heavy atom. The minimum absolute atomic E-state index is 0.0868. The fourth-order valence-corrected chi connectivity index (χ4v) is 1.65. The molecular formula is C13H18N2O3. The van der Waals surface area contributed by atoms with E-state index in [4.69, 9.17) is 10.8 Å². The van der Waals surface area contributed by atoms with Crippen molar-refractivity contribution < 1.29 is 14.7 Å².